The lowest BCUT2D eigenvalue weighted by Gasteiger charge is -2.47. The lowest BCUT2D eigenvalue weighted by atomic mass is 9.74. The summed E-state index contributed by atoms with van der Waals surface area (Å²) in [4.78, 5) is 31.8. The number of aromatic nitrogens is 1. The Balaban J connectivity index is 1.43. The molecule has 2 heterocycles. The Kier molecular flexibility index (Phi) is 5.70. The third-order valence-corrected chi connectivity index (χ3v) is 7.35. The molecule has 2 saturated carbocycles. The van der Waals surface area contributed by atoms with Gasteiger partial charge in [-0.25, -0.2) is 0 Å². The number of pyridine rings is 1. The number of rotatable bonds is 5. The minimum absolute atomic E-state index is 0.0519. The number of hydrogen-bond acceptors (Lipinski definition) is 3. The Morgan fingerprint density at radius 3 is 2.75 bits per heavy atom. The van der Waals surface area contributed by atoms with Gasteiger partial charge < -0.3 is 10.2 Å². The zero-order valence-corrected chi connectivity index (χ0v) is 17.1. The maximum absolute atomic E-state index is 12.8. The van der Waals surface area contributed by atoms with E-state index < -0.39 is 0 Å². The molecule has 1 N–H and O–H groups in total. The number of nitrogens with zero attached hydrogens (tertiary/aromatic N) is 2. The van der Waals surface area contributed by atoms with Gasteiger partial charge in [-0.15, -0.1) is 0 Å². The SMILES string of the molecule is Cc1ccc(C(=O)NC[C@@]23CCC[C@H]2N(CC2CCCCC2)C(=O)CC3)cn1. The van der Waals surface area contributed by atoms with Gasteiger partial charge in [-0.3, -0.25) is 14.6 Å². The first-order valence-electron chi connectivity index (χ1n) is 11.1. The van der Waals surface area contributed by atoms with Gasteiger partial charge in [-0.2, -0.15) is 0 Å². The topological polar surface area (TPSA) is 62.3 Å². The van der Waals surface area contributed by atoms with Crippen LogP contribution in [-0.4, -0.2) is 40.8 Å². The summed E-state index contributed by atoms with van der Waals surface area (Å²) in [7, 11) is 0. The highest BCUT2D eigenvalue weighted by molar-refractivity contribution is 5.93. The van der Waals surface area contributed by atoms with Crippen LogP contribution in [0.15, 0.2) is 18.3 Å². The molecule has 1 aliphatic heterocycles. The van der Waals surface area contributed by atoms with E-state index in [-0.39, 0.29) is 11.3 Å². The van der Waals surface area contributed by atoms with E-state index in [1.54, 1.807) is 6.20 Å². The Morgan fingerprint density at radius 1 is 1.18 bits per heavy atom. The van der Waals surface area contributed by atoms with Crippen LogP contribution >= 0.6 is 0 Å². The monoisotopic (exact) mass is 383 g/mol. The van der Waals surface area contributed by atoms with Gasteiger partial charge >= 0.3 is 0 Å². The van der Waals surface area contributed by atoms with Crippen molar-refractivity contribution < 1.29 is 9.59 Å². The zero-order chi connectivity index (χ0) is 19.6. The Morgan fingerprint density at radius 2 is 2.00 bits per heavy atom. The molecule has 0 spiro atoms. The number of carbonyl (C=O) groups excluding carboxylic acids is 2. The molecule has 1 aromatic rings. The van der Waals surface area contributed by atoms with Crippen LogP contribution in [0.4, 0.5) is 0 Å². The fraction of sp³-hybridized carbons (Fsp3) is 0.696. The second kappa shape index (κ2) is 8.22. The summed E-state index contributed by atoms with van der Waals surface area (Å²) in [5.74, 6) is 0.952. The summed E-state index contributed by atoms with van der Waals surface area (Å²) in [5, 5.41) is 3.17. The van der Waals surface area contributed by atoms with Gasteiger partial charge in [0, 0.05) is 42.9 Å². The van der Waals surface area contributed by atoms with E-state index in [0.717, 1.165) is 37.9 Å². The van der Waals surface area contributed by atoms with Gasteiger partial charge in [0.15, 0.2) is 0 Å². The summed E-state index contributed by atoms with van der Waals surface area (Å²) < 4.78 is 0. The Labute approximate surface area is 168 Å². The molecule has 3 fully saturated rings. The number of nitrogens with one attached hydrogen (secondary N) is 1. The molecule has 152 valence electrons. The molecule has 5 heteroatoms. The molecule has 0 bridgehead atoms. The molecule has 2 atom stereocenters. The van der Waals surface area contributed by atoms with Gasteiger partial charge in [0.25, 0.3) is 5.91 Å². The van der Waals surface area contributed by atoms with E-state index in [9.17, 15) is 9.59 Å². The van der Waals surface area contributed by atoms with Crippen LogP contribution in [0.25, 0.3) is 0 Å². The maximum atomic E-state index is 12.8. The average Bonchev–Trinajstić information content (AvgIpc) is 3.14. The standard InChI is InChI=1S/C23H33N3O2/c1-17-9-10-19(14-24-17)22(28)25-16-23-12-5-8-20(23)26(21(27)11-13-23)15-18-6-3-2-4-7-18/h9-10,14,18,20H,2-8,11-13,15-16H2,1H3,(H,25,28)/t20-,23+/m1/s1. The molecule has 5 nitrogen and oxygen atoms in total. The van der Waals surface area contributed by atoms with Gasteiger partial charge in [0.2, 0.25) is 5.91 Å². The second-order valence-electron chi connectivity index (χ2n) is 9.19. The van der Waals surface area contributed by atoms with Crippen LogP contribution in [0, 0.1) is 18.3 Å². The predicted molar refractivity (Wildman–Crippen MR) is 109 cm³/mol. The van der Waals surface area contributed by atoms with Gasteiger partial charge in [0.1, 0.15) is 0 Å². The van der Waals surface area contributed by atoms with Crippen molar-refractivity contribution in [3.63, 3.8) is 0 Å². The van der Waals surface area contributed by atoms with Crippen molar-refractivity contribution in [1.82, 2.24) is 15.2 Å². The fourth-order valence-corrected chi connectivity index (χ4v) is 5.70. The van der Waals surface area contributed by atoms with Crippen LogP contribution in [-0.2, 0) is 4.79 Å². The lowest BCUT2D eigenvalue weighted by Crippen LogP contribution is -2.57. The molecular weight excluding hydrogens is 350 g/mol. The Hall–Kier alpha value is -1.91. The first-order valence-corrected chi connectivity index (χ1v) is 11.1. The van der Waals surface area contributed by atoms with E-state index in [2.05, 4.69) is 15.2 Å². The van der Waals surface area contributed by atoms with Crippen molar-refractivity contribution in [3.05, 3.63) is 29.6 Å². The van der Waals surface area contributed by atoms with Crippen molar-refractivity contribution in [3.8, 4) is 0 Å². The Bertz CT molecular complexity index is 711. The minimum atomic E-state index is -0.0525. The largest absolute Gasteiger partial charge is 0.351 e. The first-order chi connectivity index (χ1) is 13.6. The molecule has 0 radical (unpaired) electrons. The summed E-state index contributed by atoms with van der Waals surface area (Å²) in [6, 6.07) is 4.00. The number of aryl methyl sites for hydroxylation is 1. The van der Waals surface area contributed by atoms with E-state index in [1.807, 2.05) is 19.1 Å². The van der Waals surface area contributed by atoms with Crippen molar-refractivity contribution >= 4 is 11.8 Å². The van der Waals surface area contributed by atoms with Crippen molar-refractivity contribution in [1.29, 1.82) is 0 Å². The predicted octanol–water partition coefficient (Wildman–Crippen LogP) is 3.86. The van der Waals surface area contributed by atoms with Crippen LogP contribution in [0.1, 0.15) is 80.3 Å². The molecule has 2 aliphatic carbocycles. The molecule has 2 amide bonds. The van der Waals surface area contributed by atoms with E-state index in [4.69, 9.17) is 0 Å². The van der Waals surface area contributed by atoms with Gasteiger partial charge in [-0.1, -0.05) is 25.7 Å². The van der Waals surface area contributed by atoms with E-state index in [1.165, 1.54) is 32.1 Å². The van der Waals surface area contributed by atoms with E-state index >= 15 is 0 Å². The van der Waals surface area contributed by atoms with Crippen molar-refractivity contribution in [2.45, 2.75) is 77.2 Å². The van der Waals surface area contributed by atoms with Crippen LogP contribution in [0.5, 0.6) is 0 Å². The van der Waals surface area contributed by atoms with Crippen LogP contribution in [0.3, 0.4) is 0 Å². The molecule has 0 unspecified atom stereocenters. The number of likely N-dealkylation sites (tertiary alicyclic amines) is 1. The van der Waals surface area contributed by atoms with Gasteiger partial charge in [0.05, 0.1) is 5.56 Å². The van der Waals surface area contributed by atoms with Crippen molar-refractivity contribution in [2.75, 3.05) is 13.1 Å². The molecule has 28 heavy (non-hydrogen) atoms. The van der Waals surface area contributed by atoms with E-state index in [0.29, 0.717) is 36.4 Å². The summed E-state index contributed by atoms with van der Waals surface area (Å²) in [6.45, 7) is 3.52. The normalized spacial score (nSPS) is 28.2. The quantitative estimate of drug-likeness (QED) is 0.840. The third-order valence-electron chi connectivity index (χ3n) is 7.35. The summed E-state index contributed by atoms with van der Waals surface area (Å²) in [5.41, 5.74) is 1.58. The number of fused-ring (bicyclic) bond motifs is 1. The first kappa shape index (κ1) is 19.4. The summed E-state index contributed by atoms with van der Waals surface area (Å²) >= 11 is 0. The fourth-order valence-electron chi connectivity index (χ4n) is 5.70. The lowest BCUT2D eigenvalue weighted by molar-refractivity contribution is -0.142. The average molecular weight is 384 g/mol. The molecule has 3 aliphatic rings. The van der Waals surface area contributed by atoms with Gasteiger partial charge in [-0.05, 0) is 57.1 Å². The molecular formula is C23H33N3O2. The third kappa shape index (κ3) is 3.94. The van der Waals surface area contributed by atoms with Crippen LogP contribution < -0.4 is 5.32 Å². The number of amides is 2. The maximum Gasteiger partial charge on any atom is 0.252 e. The van der Waals surface area contributed by atoms with Crippen LogP contribution in [0.2, 0.25) is 0 Å². The highest BCUT2D eigenvalue weighted by Crippen LogP contribution is 2.48. The molecule has 0 aromatic carbocycles. The number of piperidine rings is 1. The second-order valence-corrected chi connectivity index (χ2v) is 9.19. The minimum Gasteiger partial charge on any atom is -0.351 e. The number of carbonyl (C=O) groups is 2. The highest BCUT2D eigenvalue weighted by Gasteiger charge is 2.50. The summed E-state index contributed by atoms with van der Waals surface area (Å²) in [6.07, 6.45) is 13.0. The van der Waals surface area contributed by atoms with Crippen molar-refractivity contribution in [2.24, 2.45) is 11.3 Å². The smallest absolute Gasteiger partial charge is 0.252 e. The molecule has 1 aromatic heterocycles. The molecule has 4 rings (SSSR count). The molecule has 1 saturated heterocycles. The number of hydrogen-bond donors (Lipinski definition) is 1. The highest BCUT2D eigenvalue weighted by atomic mass is 16.2. The zero-order valence-electron chi connectivity index (χ0n) is 17.1.